The molecule has 118 valence electrons. The van der Waals surface area contributed by atoms with Crippen LogP contribution < -0.4 is 5.32 Å². The Labute approximate surface area is 132 Å². The van der Waals surface area contributed by atoms with Crippen molar-refractivity contribution in [1.82, 2.24) is 10.2 Å². The van der Waals surface area contributed by atoms with E-state index in [-0.39, 0.29) is 11.9 Å². The Morgan fingerprint density at radius 3 is 2.91 bits per heavy atom. The maximum atomic E-state index is 12.5. The zero-order chi connectivity index (χ0) is 15.8. The number of hydrogen-bond donors (Lipinski definition) is 1. The van der Waals surface area contributed by atoms with E-state index in [9.17, 15) is 4.79 Å². The van der Waals surface area contributed by atoms with Crippen LogP contribution in [0.25, 0.3) is 0 Å². The Kier molecular flexibility index (Phi) is 6.45. The zero-order valence-corrected chi connectivity index (χ0v) is 13.2. The maximum absolute atomic E-state index is 12.5. The fraction of sp³-hybridized carbons (Fsp3) is 0.500. The lowest BCUT2D eigenvalue weighted by molar-refractivity contribution is -0.127. The smallest absolute Gasteiger partial charge is 0.237 e. The number of piperidine rings is 1. The topological polar surface area (TPSA) is 41.6 Å². The van der Waals surface area contributed by atoms with Crippen molar-refractivity contribution in [3.05, 3.63) is 35.4 Å². The van der Waals surface area contributed by atoms with Gasteiger partial charge in [-0.1, -0.05) is 36.6 Å². The quantitative estimate of drug-likeness (QED) is 0.816. The van der Waals surface area contributed by atoms with E-state index < -0.39 is 0 Å². The van der Waals surface area contributed by atoms with Crippen molar-refractivity contribution in [1.29, 1.82) is 0 Å². The van der Waals surface area contributed by atoms with Crippen molar-refractivity contribution >= 4 is 5.91 Å². The van der Waals surface area contributed by atoms with E-state index >= 15 is 0 Å². The third-order valence-corrected chi connectivity index (χ3v) is 4.08. The molecule has 0 spiro atoms. The molecule has 22 heavy (non-hydrogen) atoms. The van der Waals surface area contributed by atoms with Gasteiger partial charge in [0.15, 0.2) is 0 Å². The second kappa shape index (κ2) is 8.57. The molecule has 1 heterocycles. The predicted molar refractivity (Wildman–Crippen MR) is 87.0 cm³/mol. The van der Waals surface area contributed by atoms with Crippen LogP contribution in [-0.2, 0) is 22.7 Å². The van der Waals surface area contributed by atoms with E-state index in [2.05, 4.69) is 16.1 Å². The van der Waals surface area contributed by atoms with Gasteiger partial charge in [0.05, 0.1) is 19.2 Å². The molecule has 1 unspecified atom stereocenters. The number of methoxy groups -OCH3 is 1. The Morgan fingerprint density at radius 2 is 2.18 bits per heavy atom. The molecule has 4 nitrogen and oxygen atoms in total. The summed E-state index contributed by atoms with van der Waals surface area (Å²) in [7, 11) is 1.68. The Hall–Kier alpha value is -1.83. The van der Waals surface area contributed by atoms with E-state index in [0.717, 1.165) is 36.9 Å². The molecule has 0 aliphatic carbocycles. The lowest BCUT2D eigenvalue weighted by atomic mass is 10.0. The molecular formula is C18H24N2O2. The summed E-state index contributed by atoms with van der Waals surface area (Å²) in [6.45, 7) is 2.53. The highest BCUT2D eigenvalue weighted by Gasteiger charge is 2.27. The van der Waals surface area contributed by atoms with Crippen molar-refractivity contribution in [2.24, 2.45) is 0 Å². The first-order valence-electron chi connectivity index (χ1n) is 7.77. The summed E-state index contributed by atoms with van der Waals surface area (Å²) in [5, 5.41) is 3.05. The molecule has 2 rings (SSSR count). The third-order valence-electron chi connectivity index (χ3n) is 4.08. The second-order valence-corrected chi connectivity index (χ2v) is 5.61. The van der Waals surface area contributed by atoms with Gasteiger partial charge in [0, 0.05) is 13.7 Å². The van der Waals surface area contributed by atoms with Gasteiger partial charge in [-0.25, -0.2) is 0 Å². The fourth-order valence-corrected chi connectivity index (χ4v) is 2.92. The van der Waals surface area contributed by atoms with E-state index in [1.165, 1.54) is 0 Å². The molecule has 1 saturated heterocycles. The predicted octanol–water partition coefficient (Wildman–Crippen LogP) is 1.94. The lowest BCUT2D eigenvalue weighted by Gasteiger charge is -2.33. The number of carbonyl (C=O) groups excluding carboxylic acids is 1. The molecule has 1 N–H and O–H groups in total. The van der Waals surface area contributed by atoms with Crippen molar-refractivity contribution in [3.8, 4) is 12.3 Å². The number of amides is 1. The number of likely N-dealkylation sites (tertiary alicyclic amines) is 1. The molecule has 0 bridgehead atoms. The third kappa shape index (κ3) is 4.33. The molecule has 1 aromatic carbocycles. The number of benzene rings is 1. The molecule has 1 aliphatic rings. The Bertz CT molecular complexity index is 536. The van der Waals surface area contributed by atoms with Crippen LogP contribution in [0.3, 0.4) is 0 Å². The van der Waals surface area contributed by atoms with Crippen LogP contribution in [0.1, 0.15) is 30.4 Å². The first-order chi connectivity index (χ1) is 10.8. The summed E-state index contributed by atoms with van der Waals surface area (Å²) in [4.78, 5) is 14.6. The fourth-order valence-electron chi connectivity index (χ4n) is 2.92. The molecule has 0 saturated carbocycles. The maximum Gasteiger partial charge on any atom is 0.237 e. The van der Waals surface area contributed by atoms with Gasteiger partial charge in [-0.05, 0) is 30.5 Å². The summed E-state index contributed by atoms with van der Waals surface area (Å²) < 4.78 is 5.20. The monoisotopic (exact) mass is 300 g/mol. The average Bonchev–Trinajstić information content (AvgIpc) is 2.55. The minimum Gasteiger partial charge on any atom is -0.380 e. The van der Waals surface area contributed by atoms with E-state index in [1.54, 1.807) is 7.11 Å². The van der Waals surface area contributed by atoms with Gasteiger partial charge in [0.1, 0.15) is 0 Å². The number of terminal acetylenes is 1. The van der Waals surface area contributed by atoms with Crippen molar-refractivity contribution < 1.29 is 9.53 Å². The number of carbonyl (C=O) groups is 1. The highest BCUT2D eigenvalue weighted by molar-refractivity contribution is 5.81. The summed E-state index contributed by atoms with van der Waals surface area (Å²) in [6.07, 6.45) is 8.48. The minimum atomic E-state index is -0.0978. The minimum absolute atomic E-state index is 0.0715. The first-order valence-corrected chi connectivity index (χ1v) is 7.77. The van der Waals surface area contributed by atoms with Crippen LogP contribution in [0, 0.1) is 12.3 Å². The van der Waals surface area contributed by atoms with Crippen LogP contribution in [0.4, 0.5) is 0 Å². The molecular weight excluding hydrogens is 276 g/mol. The zero-order valence-electron chi connectivity index (χ0n) is 13.2. The summed E-state index contributed by atoms with van der Waals surface area (Å²) in [5.74, 6) is 2.72. The van der Waals surface area contributed by atoms with Gasteiger partial charge in [0.25, 0.3) is 0 Å². The normalized spacial score (nSPS) is 18.6. The lowest BCUT2D eigenvalue weighted by Crippen LogP contribution is -2.49. The second-order valence-electron chi connectivity index (χ2n) is 5.61. The highest BCUT2D eigenvalue weighted by Crippen LogP contribution is 2.17. The van der Waals surface area contributed by atoms with Crippen LogP contribution in [0.2, 0.25) is 0 Å². The largest absolute Gasteiger partial charge is 0.380 e. The molecule has 1 atom stereocenters. The summed E-state index contributed by atoms with van der Waals surface area (Å²) in [5.41, 5.74) is 2.20. The standard InChI is InChI=1S/C18H24N2O2/c1-3-11-20-12-7-6-10-17(20)18(21)19-13-15-8-4-5-9-16(15)14-22-2/h1,4-5,8-9,17H,6-7,10-14H2,2H3,(H,19,21). The first kappa shape index (κ1) is 16.5. The van der Waals surface area contributed by atoms with E-state index in [4.69, 9.17) is 11.2 Å². The molecule has 1 aliphatic heterocycles. The average molecular weight is 300 g/mol. The molecule has 0 aromatic heterocycles. The van der Waals surface area contributed by atoms with Gasteiger partial charge in [-0.3, -0.25) is 9.69 Å². The highest BCUT2D eigenvalue weighted by atomic mass is 16.5. The van der Waals surface area contributed by atoms with Crippen LogP contribution in [0.15, 0.2) is 24.3 Å². The molecule has 1 amide bonds. The van der Waals surface area contributed by atoms with Gasteiger partial charge in [0.2, 0.25) is 5.91 Å². The number of nitrogens with one attached hydrogen (secondary N) is 1. The van der Waals surface area contributed by atoms with Crippen LogP contribution >= 0.6 is 0 Å². The molecule has 0 radical (unpaired) electrons. The SMILES string of the molecule is C#CCN1CCCCC1C(=O)NCc1ccccc1COC. The van der Waals surface area contributed by atoms with Gasteiger partial charge < -0.3 is 10.1 Å². The number of rotatable bonds is 6. The van der Waals surface area contributed by atoms with Crippen LogP contribution in [-0.4, -0.2) is 37.0 Å². The molecule has 1 fully saturated rings. The number of hydrogen-bond acceptors (Lipinski definition) is 3. The van der Waals surface area contributed by atoms with Gasteiger partial charge in [-0.2, -0.15) is 0 Å². The van der Waals surface area contributed by atoms with Crippen molar-refractivity contribution in [2.45, 2.75) is 38.5 Å². The molecule has 1 aromatic rings. The Morgan fingerprint density at radius 1 is 1.41 bits per heavy atom. The summed E-state index contributed by atoms with van der Waals surface area (Å²) >= 11 is 0. The number of ether oxygens (including phenoxy) is 1. The molecule has 4 heteroatoms. The van der Waals surface area contributed by atoms with E-state index in [1.807, 2.05) is 24.3 Å². The van der Waals surface area contributed by atoms with Gasteiger partial charge in [-0.15, -0.1) is 6.42 Å². The van der Waals surface area contributed by atoms with Gasteiger partial charge >= 0.3 is 0 Å². The Balaban J connectivity index is 1.96. The summed E-state index contributed by atoms with van der Waals surface area (Å²) in [6, 6.07) is 7.91. The van der Waals surface area contributed by atoms with Crippen molar-refractivity contribution in [3.63, 3.8) is 0 Å². The number of nitrogens with zero attached hydrogens (tertiary/aromatic N) is 1. The van der Waals surface area contributed by atoms with Crippen LogP contribution in [0.5, 0.6) is 0 Å². The van der Waals surface area contributed by atoms with Crippen molar-refractivity contribution in [2.75, 3.05) is 20.2 Å². The van der Waals surface area contributed by atoms with E-state index in [0.29, 0.717) is 19.7 Å².